The summed E-state index contributed by atoms with van der Waals surface area (Å²) < 4.78 is 15.4. The van der Waals surface area contributed by atoms with Gasteiger partial charge in [-0.25, -0.2) is 4.39 Å². The summed E-state index contributed by atoms with van der Waals surface area (Å²) >= 11 is 0. The monoisotopic (exact) mass is 447 g/mol. The maximum atomic E-state index is 13.5. The fourth-order valence-electron chi connectivity index (χ4n) is 4.97. The highest BCUT2D eigenvalue weighted by molar-refractivity contribution is 6.01. The number of para-hydroxylation sites is 1. The van der Waals surface area contributed by atoms with Crippen molar-refractivity contribution < 1.29 is 14.0 Å². The van der Waals surface area contributed by atoms with E-state index in [-0.39, 0.29) is 29.5 Å². The number of nitrogens with zero attached hydrogens (tertiary/aromatic N) is 4. The molecule has 8 heteroatoms. The van der Waals surface area contributed by atoms with Crippen molar-refractivity contribution in [2.45, 2.75) is 38.6 Å². The maximum absolute atomic E-state index is 13.5. The third-order valence-corrected chi connectivity index (χ3v) is 6.84. The van der Waals surface area contributed by atoms with E-state index in [2.05, 4.69) is 15.5 Å². The third kappa shape index (κ3) is 4.51. The molecule has 1 N–H and O–H groups in total. The van der Waals surface area contributed by atoms with Crippen molar-refractivity contribution in [2.24, 2.45) is 5.41 Å². The van der Waals surface area contributed by atoms with Crippen LogP contribution in [0.1, 0.15) is 41.3 Å². The van der Waals surface area contributed by atoms with Crippen LogP contribution in [0.4, 0.5) is 10.1 Å². The van der Waals surface area contributed by atoms with Crippen LogP contribution in [0.25, 0.3) is 0 Å². The number of anilines is 1. The van der Waals surface area contributed by atoms with E-state index in [9.17, 15) is 14.0 Å². The number of hydrogen-bond donors (Lipinski definition) is 1. The number of carbonyl (C=O) groups is 2. The summed E-state index contributed by atoms with van der Waals surface area (Å²) in [7, 11) is 0. The largest absolute Gasteiger partial charge is 0.342 e. The van der Waals surface area contributed by atoms with E-state index in [0.29, 0.717) is 36.7 Å². The number of likely N-dealkylation sites (tertiary alicyclic amines) is 1. The minimum atomic E-state index is -0.322. The zero-order valence-corrected chi connectivity index (χ0v) is 18.3. The van der Waals surface area contributed by atoms with Crippen LogP contribution in [-0.2, 0) is 24.2 Å². The van der Waals surface area contributed by atoms with Gasteiger partial charge in [0.25, 0.3) is 5.91 Å². The Kier molecular flexibility index (Phi) is 5.66. The number of carbonyl (C=O) groups excluding carboxylic acids is 2. The normalized spacial score (nSPS) is 19.8. The molecule has 3 aromatic rings. The highest BCUT2D eigenvalue weighted by Gasteiger charge is 2.41. The number of hydrogen-bond acceptors (Lipinski definition) is 4. The maximum Gasteiger partial charge on any atom is 0.293 e. The van der Waals surface area contributed by atoms with Crippen LogP contribution in [0.2, 0.25) is 0 Å². The van der Waals surface area contributed by atoms with Crippen molar-refractivity contribution in [1.82, 2.24) is 19.7 Å². The quantitative estimate of drug-likeness (QED) is 0.664. The second kappa shape index (κ2) is 8.77. The fraction of sp³-hybridized carbons (Fsp3) is 0.360. The Balaban J connectivity index is 1.24. The number of amides is 2. The SMILES string of the molecule is O=C(Nc1ccccc1)c1nnc2n1CCC1(CC2)CCN(C(=O)Cc2cccc(F)c2)C1. The number of halogens is 1. The second-order valence-electron chi connectivity index (χ2n) is 9.03. The van der Waals surface area contributed by atoms with Gasteiger partial charge in [0.15, 0.2) is 0 Å². The van der Waals surface area contributed by atoms with Gasteiger partial charge in [0.05, 0.1) is 6.42 Å². The van der Waals surface area contributed by atoms with Crippen LogP contribution in [0.3, 0.4) is 0 Å². The first-order chi connectivity index (χ1) is 16.0. The van der Waals surface area contributed by atoms with Gasteiger partial charge in [0, 0.05) is 31.7 Å². The van der Waals surface area contributed by atoms with Gasteiger partial charge < -0.3 is 14.8 Å². The van der Waals surface area contributed by atoms with E-state index < -0.39 is 0 Å². The Morgan fingerprint density at radius 2 is 1.82 bits per heavy atom. The molecule has 1 saturated heterocycles. The van der Waals surface area contributed by atoms with E-state index in [1.807, 2.05) is 39.8 Å². The molecular formula is C25H26FN5O2. The zero-order chi connectivity index (χ0) is 22.8. The topological polar surface area (TPSA) is 80.1 Å². The lowest BCUT2D eigenvalue weighted by Gasteiger charge is -2.27. The molecule has 0 saturated carbocycles. The lowest BCUT2D eigenvalue weighted by Crippen LogP contribution is -2.33. The standard InChI is InChI=1S/C25H26FN5O2/c26-19-6-4-5-18(15-19)16-22(32)30-13-11-25(17-30)10-9-21-28-29-23(31(21)14-12-25)24(33)27-20-7-2-1-3-8-20/h1-8,15H,9-14,16-17H2,(H,27,33). The van der Waals surface area contributed by atoms with Crippen molar-refractivity contribution in [3.8, 4) is 0 Å². The van der Waals surface area contributed by atoms with Crippen LogP contribution in [-0.4, -0.2) is 44.6 Å². The molecule has 1 unspecified atom stereocenters. The molecule has 7 nitrogen and oxygen atoms in total. The molecule has 2 aromatic carbocycles. The van der Waals surface area contributed by atoms with Gasteiger partial charge in [0.2, 0.25) is 11.7 Å². The van der Waals surface area contributed by atoms with Gasteiger partial charge in [-0.05, 0) is 54.5 Å². The number of benzene rings is 2. The van der Waals surface area contributed by atoms with Gasteiger partial charge in [-0.2, -0.15) is 0 Å². The Morgan fingerprint density at radius 3 is 2.64 bits per heavy atom. The molecule has 1 spiro atoms. The van der Waals surface area contributed by atoms with Gasteiger partial charge in [-0.3, -0.25) is 9.59 Å². The number of rotatable bonds is 4. The first-order valence-corrected chi connectivity index (χ1v) is 11.3. The molecule has 33 heavy (non-hydrogen) atoms. The summed E-state index contributed by atoms with van der Waals surface area (Å²) in [5.41, 5.74) is 1.42. The lowest BCUT2D eigenvalue weighted by atomic mass is 9.80. The van der Waals surface area contributed by atoms with E-state index in [1.165, 1.54) is 12.1 Å². The molecule has 2 amide bonds. The van der Waals surface area contributed by atoms with Crippen LogP contribution in [0, 0.1) is 11.2 Å². The second-order valence-corrected chi connectivity index (χ2v) is 9.03. The van der Waals surface area contributed by atoms with Crippen molar-refractivity contribution in [3.05, 3.63) is 77.6 Å². The predicted molar refractivity (Wildman–Crippen MR) is 121 cm³/mol. The van der Waals surface area contributed by atoms with E-state index in [4.69, 9.17) is 0 Å². The Morgan fingerprint density at radius 1 is 1.00 bits per heavy atom. The average molecular weight is 448 g/mol. The van der Waals surface area contributed by atoms with E-state index >= 15 is 0 Å². The van der Waals surface area contributed by atoms with Crippen molar-refractivity contribution >= 4 is 17.5 Å². The Hall–Kier alpha value is -3.55. The van der Waals surface area contributed by atoms with Crippen molar-refractivity contribution in [2.75, 3.05) is 18.4 Å². The minimum absolute atomic E-state index is 0.00543. The molecule has 0 radical (unpaired) electrons. The van der Waals surface area contributed by atoms with Gasteiger partial charge >= 0.3 is 0 Å². The van der Waals surface area contributed by atoms with Crippen molar-refractivity contribution in [1.29, 1.82) is 0 Å². The molecule has 0 aliphatic carbocycles. The third-order valence-electron chi connectivity index (χ3n) is 6.84. The van der Waals surface area contributed by atoms with Crippen LogP contribution in [0.15, 0.2) is 54.6 Å². The molecule has 1 fully saturated rings. The minimum Gasteiger partial charge on any atom is -0.342 e. The average Bonchev–Trinajstić information content (AvgIpc) is 3.37. The molecule has 2 aliphatic rings. The Labute approximate surface area is 191 Å². The molecule has 1 atom stereocenters. The van der Waals surface area contributed by atoms with E-state index in [1.54, 1.807) is 12.1 Å². The summed E-state index contributed by atoms with van der Waals surface area (Å²) in [5.74, 6) is 0.577. The number of fused-ring (bicyclic) bond motifs is 1. The number of nitrogens with one attached hydrogen (secondary N) is 1. The van der Waals surface area contributed by atoms with Crippen molar-refractivity contribution in [3.63, 3.8) is 0 Å². The van der Waals surface area contributed by atoms with Gasteiger partial charge in [-0.15, -0.1) is 10.2 Å². The van der Waals surface area contributed by atoms with E-state index in [0.717, 1.165) is 31.5 Å². The molecule has 5 rings (SSSR count). The summed E-state index contributed by atoms with van der Waals surface area (Å²) in [5, 5.41) is 11.3. The first-order valence-electron chi connectivity index (χ1n) is 11.3. The smallest absolute Gasteiger partial charge is 0.293 e. The highest BCUT2D eigenvalue weighted by Crippen LogP contribution is 2.41. The molecular weight excluding hydrogens is 421 g/mol. The van der Waals surface area contributed by atoms with Gasteiger partial charge in [-0.1, -0.05) is 30.3 Å². The summed E-state index contributed by atoms with van der Waals surface area (Å²) in [6, 6.07) is 15.5. The predicted octanol–water partition coefficient (Wildman–Crippen LogP) is 3.47. The molecule has 1 aromatic heterocycles. The number of aromatic nitrogens is 3. The first kappa shape index (κ1) is 21.3. The zero-order valence-electron chi connectivity index (χ0n) is 18.3. The molecule has 2 aliphatic heterocycles. The summed E-state index contributed by atoms with van der Waals surface area (Å²) in [6.07, 6.45) is 3.61. The summed E-state index contributed by atoms with van der Waals surface area (Å²) in [6.45, 7) is 2.03. The molecule has 0 bridgehead atoms. The fourth-order valence-corrected chi connectivity index (χ4v) is 4.97. The van der Waals surface area contributed by atoms with Crippen LogP contribution >= 0.6 is 0 Å². The van der Waals surface area contributed by atoms with Crippen LogP contribution in [0.5, 0.6) is 0 Å². The number of aryl methyl sites for hydroxylation is 1. The summed E-state index contributed by atoms with van der Waals surface area (Å²) in [4.78, 5) is 27.5. The van der Waals surface area contributed by atoms with Crippen LogP contribution < -0.4 is 5.32 Å². The highest BCUT2D eigenvalue weighted by atomic mass is 19.1. The molecule has 3 heterocycles. The lowest BCUT2D eigenvalue weighted by molar-refractivity contribution is -0.129. The van der Waals surface area contributed by atoms with Gasteiger partial charge in [0.1, 0.15) is 11.6 Å². The molecule has 170 valence electrons. The Bertz CT molecular complexity index is 1180.